The van der Waals surface area contributed by atoms with Crippen LogP contribution in [0.3, 0.4) is 0 Å². The molecule has 10 nitrogen and oxygen atoms in total. The molecule has 0 unspecified atom stereocenters. The van der Waals surface area contributed by atoms with Crippen LogP contribution in [0.2, 0.25) is 0 Å². The molecule has 0 saturated carbocycles. The van der Waals surface area contributed by atoms with Gasteiger partial charge in [0.15, 0.2) is 0 Å². The van der Waals surface area contributed by atoms with E-state index in [4.69, 9.17) is 18.9 Å². The molecule has 0 heterocycles. The van der Waals surface area contributed by atoms with Crippen molar-refractivity contribution in [3.63, 3.8) is 0 Å². The Morgan fingerprint density at radius 1 is 1.00 bits per heavy atom. The van der Waals surface area contributed by atoms with Gasteiger partial charge in [-0.2, -0.15) is 0 Å². The first-order valence-corrected chi connectivity index (χ1v) is 12.6. The van der Waals surface area contributed by atoms with Gasteiger partial charge in [0.1, 0.15) is 17.2 Å². The summed E-state index contributed by atoms with van der Waals surface area (Å²) in [6.07, 6.45) is 3.18. The van der Waals surface area contributed by atoms with Crippen LogP contribution in [0.15, 0.2) is 40.7 Å². The molecule has 0 aliphatic carbocycles. The Kier molecular flexibility index (Phi) is 11.1. The summed E-state index contributed by atoms with van der Waals surface area (Å²) in [6, 6.07) is 8.02. The molecule has 1 amide bonds. The average Bonchev–Trinajstić information content (AvgIpc) is 2.86. The molecule has 36 heavy (non-hydrogen) atoms. The van der Waals surface area contributed by atoms with E-state index in [0.717, 1.165) is 11.5 Å². The molecule has 0 spiro atoms. The van der Waals surface area contributed by atoms with Crippen molar-refractivity contribution in [2.75, 3.05) is 40.3 Å². The third-order valence-corrected chi connectivity index (χ3v) is 6.24. The SMILES string of the molecule is COc1cc(OC)c(/C=C/S(=O)(=O)Cc2ccc(OC)c(NC(=O)CCC/N=C/B=O)c2)c(OC)c1. The molecular weight excluding hydrogens is 487 g/mol. The fourth-order valence-electron chi connectivity index (χ4n) is 3.25. The minimum absolute atomic E-state index is 0.177. The summed E-state index contributed by atoms with van der Waals surface area (Å²) in [5.74, 6) is 1.09. The molecule has 2 aromatic rings. The van der Waals surface area contributed by atoms with Gasteiger partial charge in [-0.1, -0.05) is 0 Å². The smallest absolute Gasteiger partial charge is 0.133 e. The van der Waals surface area contributed by atoms with Gasteiger partial charge in [0.25, 0.3) is 0 Å². The van der Waals surface area contributed by atoms with Crippen LogP contribution in [0.25, 0.3) is 6.08 Å². The van der Waals surface area contributed by atoms with Gasteiger partial charge >= 0.3 is 121 Å². The van der Waals surface area contributed by atoms with Gasteiger partial charge in [-0.05, 0) is 6.08 Å². The van der Waals surface area contributed by atoms with Crippen LogP contribution >= 0.6 is 0 Å². The second kappa shape index (κ2) is 14.0. The summed E-state index contributed by atoms with van der Waals surface area (Å²) in [4.78, 5) is 16.1. The molecule has 0 atom stereocenters. The van der Waals surface area contributed by atoms with Crippen molar-refractivity contribution in [3.05, 3.63) is 46.9 Å². The summed E-state index contributed by atoms with van der Waals surface area (Å²) in [5, 5.41) is 3.82. The third kappa shape index (κ3) is 8.53. The number of carbonyl (C=O) groups excluding carboxylic acids is 1. The number of carbonyl (C=O) groups is 1. The van der Waals surface area contributed by atoms with Crippen molar-refractivity contribution in [1.29, 1.82) is 0 Å². The number of ether oxygens (including phenoxy) is 4. The minimum atomic E-state index is -3.71. The predicted molar refractivity (Wildman–Crippen MR) is 138 cm³/mol. The zero-order chi connectivity index (χ0) is 26.6. The monoisotopic (exact) mass is 516 g/mol. The van der Waals surface area contributed by atoms with Gasteiger partial charge < -0.3 is 14.2 Å². The van der Waals surface area contributed by atoms with Crippen molar-refractivity contribution in [2.24, 2.45) is 4.99 Å². The van der Waals surface area contributed by atoms with E-state index in [-0.39, 0.29) is 18.1 Å². The van der Waals surface area contributed by atoms with Gasteiger partial charge in [-0.15, -0.1) is 0 Å². The van der Waals surface area contributed by atoms with Gasteiger partial charge in [0, 0.05) is 17.5 Å². The summed E-state index contributed by atoms with van der Waals surface area (Å²) >= 11 is 0. The van der Waals surface area contributed by atoms with E-state index in [2.05, 4.69) is 10.3 Å². The van der Waals surface area contributed by atoms with Crippen LogP contribution in [0.4, 0.5) is 5.69 Å². The van der Waals surface area contributed by atoms with Crippen LogP contribution in [-0.4, -0.2) is 62.6 Å². The number of benzene rings is 2. The van der Waals surface area contributed by atoms with Crippen LogP contribution in [-0.2, 0) is 25.1 Å². The molecule has 1 N–H and O–H groups in total. The summed E-state index contributed by atoms with van der Waals surface area (Å²) in [5.41, 5.74) is 1.26. The molecule has 0 aliphatic rings. The molecule has 0 aromatic heterocycles. The zero-order valence-electron chi connectivity index (χ0n) is 20.6. The molecule has 0 aliphatic heterocycles. The van der Waals surface area contributed by atoms with Gasteiger partial charge in [-0.3, -0.25) is 0 Å². The Labute approximate surface area is 211 Å². The summed E-state index contributed by atoms with van der Waals surface area (Å²) < 4.78 is 57.2. The minimum Gasteiger partial charge on any atom is -0.496 e. The van der Waals surface area contributed by atoms with Crippen LogP contribution in [0.5, 0.6) is 23.0 Å². The number of anilines is 1. The first-order valence-electron chi connectivity index (χ1n) is 10.9. The zero-order valence-corrected chi connectivity index (χ0v) is 21.5. The van der Waals surface area contributed by atoms with Crippen molar-refractivity contribution in [3.8, 4) is 23.0 Å². The van der Waals surface area contributed by atoms with E-state index in [1.54, 1.807) is 30.3 Å². The number of hydrogen-bond donors (Lipinski definition) is 1. The normalized spacial score (nSPS) is 11.3. The molecule has 192 valence electrons. The molecule has 0 fully saturated rings. The molecule has 12 heteroatoms. The average molecular weight is 516 g/mol. The van der Waals surface area contributed by atoms with Crippen LogP contribution in [0.1, 0.15) is 24.0 Å². The van der Waals surface area contributed by atoms with Crippen molar-refractivity contribution >= 4 is 40.8 Å². The van der Waals surface area contributed by atoms with E-state index in [1.807, 2.05) is 0 Å². The maximum atomic E-state index is 12.9. The predicted octanol–water partition coefficient (Wildman–Crippen LogP) is 3.10. The first-order chi connectivity index (χ1) is 17.3. The first kappa shape index (κ1) is 28.6. The Morgan fingerprint density at radius 2 is 1.67 bits per heavy atom. The molecule has 0 saturated heterocycles. The largest absolute Gasteiger partial charge is 0.496 e. The van der Waals surface area contributed by atoms with E-state index >= 15 is 0 Å². The Morgan fingerprint density at radius 3 is 2.25 bits per heavy atom. The van der Waals surface area contributed by atoms with E-state index < -0.39 is 9.84 Å². The number of methoxy groups -OCH3 is 4. The van der Waals surface area contributed by atoms with Crippen molar-refractivity contribution in [2.45, 2.75) is 18.6 Å². The number of nitrogens with zero attached hydrogens (tertiary/aromatic N) is 1. The van der Waals surface area contributed by atoms with Gasteiger partial charge in [0.2, 0.25) is 0 Å². The maximum Gasteiger partial charge on any atom is 0.133 e. The number of aliphatic imine (C=N–C) groups is 1. The number of hydrogen-bond acceptors (Lipinski definition) is 9. The topological polar surface area (TPSA) is 130 Å². The van der Waals surface area contributed by atoms with E-state index in [9.17, 15) is 17.9 Å². The molecule has 0 bridgehead atoms. The second-order valence-electron chi connectivity index (χ2n) is 7.43. The van der Waals surface area contributed by atoms with E-state index in [1.165, 1.54) is 34.5 Å². The Bertz CT molecular complexity index is 1200. The summed E-state index contributed by atoms with van der Waals surface area (Å²) in [6.45, 7) is 0.345. The molecule has 2 aromatic carbocycles. The third-order valence-electron chi connectivity index (χ3n) is 4.96. The summed E-state index contributed by atoms with van der Waals surface area (Å²) in [7, 11) is 2.75. The number of amides is 1. The van der Waals surface area contributed by atoms with Gasteiger partial charge in [-0.25, -0.2) is 8.42 Å². The van der Waals surface area contributed by atoms with Gasteiger partial charge in [0.05, 0.1) is 26.9 Å². The standard InChI is InChI=1S/C24H29BN2O8S/c1-32-18-13-22(34-3)19(23(14-18)35-4)9-11-36(30,31)15-17-7-8-21(33-2)20(12-17)27-24(28)6-5-10-26-16-25-29/h7-9,11-14,16H,5-6,10,15H2,1-4H3,(H,27,28)/b11-9+,26-16+. The number of rotatable bonds is 14. The quantitative estimate of drug-likeness (QED) is 0.230. The second-order valence-corrected chi connectivity index (χ2v) is 9.32. The molecule has 2 rings (SSSR count). The van der Waals surface area contributed by atoms with E-state index in [0.29, 0.717) is 59.9 Å². The maximum absolute atomic E-state index is 12.9. The fourth-order valence-corrected chi connectivity index (χ4v) is 4.34. The number of sulfone groups is 1. The molecular formula is C24H29BN2O8S. The Balaban J connectivity index is 2.20. The van der Waals surface area contributed by atoms with Crippen molar-refractivity contribution in [1.82, 2.24) is 0 Å². The molecule has 0 radical (unpaired) electrons. The van der Waals surface area contributed by atoms with Crippen molar-refractivity contribution < 1.29 is 36.9 Å². The fraction of sp³-hybridized carbons (Fsp3) is 0.333. The Hall–Kier alpha value is -3.67. The van der Waals surface area contributed by atoms with Crippen LogP contribution in [0, 0.1) is 0 Å². The number of nitrogens with one attached hydrogen (secondary N) is 1. The van der Waals surface area contributed by atoms with Crippen LogP contribution < -0.4 is 24.3 Å².